The van der Waals surface area contributed by atoms with E-state index in [1.807, 2.05) is 43.4 Å². The largest absolute Gasteiger partial charge is 0.381 e. The second kappa shape index (κ2) is 8.22. The van der Waals surface area contributed by atoms with Crippen LogP contribution in [0.15, 0.2) is 36.4 Å². The Morgan fingerprint density at radius 1 is 1.33 bits per heavy atom. The number of Topliss-reactive ketones (excluding diaryl/α,β-unsaturated/α-hetero) is 1. The molecule has 0 saturated carbocycles. The third-order valence-corrected chi connectivity index (χ3v) is 4.38. The van der Waals surface area contributed by atoms with E-state index in [0.717, 1.165) is 37.3 Å². The van der Waals surface area contributed by atoms with Gasteiger partial charge >= 0.3 is 0 Å². The van der Waals surface area contributed by atoms with Gasteiger partial charge in [-0.3, -0.25) is 9.48 Å². The van der Waals surface area contributed by atoms with E-state index in [-0.39, 0.29) is 5.78 Å². The molecule has 1 aromatic carbocycles. The van der Waals surface area contributed by atoms with Gasteiger partial charge in [-0.05, 0) is 30.4 Å². The van der Waals surface area contributed by atoms with Crippen LogP contribution in [0.25, 0.3) is 0 Å². The van der Waals surface area contributed by atoms with Crippen molar-refractivity contribution in [3.8, 4) is 0 Å². The van der Waals surface area contributed by atoms with Crippen LogP contribution in [0, 0.1) is 5.92 Å². The zero-order valence-corrected chi connectivity index (χ0v) is 14.1. The van der Waals surface area contributed by atoms with Crippen LogP contribution in [-0.4, -0.2) is 28.8 Å². The van der Waals surface area contributed by atoms with E-state index in [4.69, 9.17) is 9.47 Å². The first kappa shape index (κ1) is 16.9. The van der Waals surface area contributed by atoms with Crippen molar-refractivity contribution in [1.82, 2.24) is 9.78 Å². The predicted molar refractivity (Wildman–Crippen MR) is 90.6 cm³/mol. The van der Waals surface area contributed by atoms with Crippen molar-refractivity contribution in [3.63, 3.8) is 0 Å². The molecule has 1 saturated heterocycles. The van der Waals surface area contributed by atoms with Crippen LogP contribution in [-0.2, 0) is 29.7 Å². The Hall–Kier alpha value is -1.98. The molecule has 0 spiro atoms. The van der Waals surface area contributed by atoms with Crippen molar-refractivity contribution in [2.45, 2.75) is 32.5 Å². The van der Waals surface area contributed by atoms with E-state index in [1.165, 1.54) is 0 Å². The molecule has 0 amide bonds. The van der Waals surface area contributed by atoms with Crippen molar-refractivity contribution >= 4 is 5.78 Å². The molecule has 0 N–H and O–H groups in total. The maximum atomic E-state index is 12.4. The number of aromatic nitrogens is 2. The minimum Gasteiger partial charge on any atom is -0.381 e. The van der Waals surface area contributed by atoms with E-state index in [2.05, 4.69) is 5.10 Å². The fourth-order valence-corrected chi connectivity index (χ4v) is 2.98. The first-order chi connectivity index (χ1) is 11.7. The number of ether oxygens (including phenoxy) is 2. The summed E-state index contributed by atoms with van der Waals surface area (Å²) in [6.45, 7) is 2.57. The molecule has 1 aliphatic heterocycles. The number of ketones is 1. The smallest absolute Gasteiger partial charge is 0.180 e. The summed E-state index contributed by atoms with van der Waals surface area (Å²) in [5.41, 5.74) is 2.58. The van der Waals surface area contributed by atoms with Crippen molar-refractivity contribution in [3.05, 3.63) is 53.3 Å². The van der Waals surface area contributed by atoms with Crippen molar-refractivity contribution in [1.29, 1.82) is 0 Å². The van der Waals surface area contributed by atoms with Gasteiger partial charge in [-0.1, -0.05) is 30.3 Å². The number of carbonyl (C=O) groups excluding carboxylic acids is 1. The second-order valence-electron chi connectivity index (χ2n) is 6.31. The van der Waals surface area contributed by atoms with Crippen molar-refractivity contribution < 1.29 is 14.3 Å². The zero-order valence-electron chi connectivity index (χ0n) is 14.1. The van der Waals surface area contributed by atoms with Gasteiger partial charge in [-0.2, -0.15) is 5.10 Å². The first-order valence-corrected chi connectivity index (χ1v) is 8.48. The number of nitrogens with zero attached hydrogens (tertiary/aromatic N) is 2. The van der Waals surface area contributed by atoms with Crippen LogP contribution in [0.2, 0.25) is 0 Å². The quantitative estimate of drug-likeness (QED) is 0.699. The average Bonchev–Trinajstić information content (AvgIpc) is 3.23. The Kier molecular flexibility index (Phi) is 5.77. The minimum atomic E-state index is 0.145. The second-order valence-corrected chi connectivity index (χ2v) is 6.31. The standard InChI is InChI=1S/C19H24N2O3/c1-21-18(19(22)8-7-16-9-10-23-12-16)11-17(20-21)14-24-13-15-5-3-2-4-6-15/h2-6,11,16H,7-10,12-14H2,1H3. The molecule has 2 heterocycles. The van der Waals surface area contributed by atoms with Gasteiger partial charge in [0.2, 0.25) is 0 Å². The summed E-state index contributed by atoms with van der Waals surface area (Å²) in [5, 5.41) is 4.39. The van der Waals surface area contributed by atoms with Crippen molar-refractivity contribution in [2.24, 2.45) is 13.0 Å². The average molecular weight is 328 g/mol. The van der Waals surface area contributed by atoms with E-state index in [1.54, 1.807) is 4.68 Å². The Labute approximate surface area is 142 Å². The summed E-state index contributed by atoms with van der Waals surface area (Å²) >= 11 is 0. The highest BCUT2D eigenvalue weighted by Gasteiger charge is 2.19. The van der Waals surface area contributed by atoms with E-state index >= 15 is 0 Å². The van der Waals surface area contributed by atoms with Gasteiger partial charge < -0.3 is 9.47 Å². The van der Waals surface area contributed by atoms with Crippen molar-refractivity contribution in [2.75, 3.05) is 13.2 Å². The maximum Gasteiger partial charge on any atom is 0.180 e. The van der Waals surface area contributed by atoms with Crippen LogP contribution in [0.5, 0.6) is 0 Å². The molecular formula is C19H24N2O3. The fraction of sp³-hybridized carbons (Fsp3) is 0.474. The maximum absolute atomic E-state index is 12.4. The van der Waals surface area contributed by atoms with Gasteiger partial charge in [0.1, 0.15) is 5.69 Å². The highest BCUT2D eigenvalue weighted by Crippen LogP contribution is 2.19. The highest BCUT2D eigenvalue weighted by molar-refractivity contribution is 5.94. The third kappa shape index (κ3) is 4.52. The molecule has 128 valence electrons. The Balaban J connectivity index is 1.49. The molecule has 24 heavy (non-hydrogen) atoms. The van der Waals surface area contributed by atoms with Crippen LogP contribution >= 0.6 is 0 Å². The molecule has 0 aliphatic carbocycles. The topological polar surface area (TPSA) is 53.4 Å². The molecule has 0 bridgehead atoms. The van der Waals surface area contributed by atoms with E-state index < -0.39 is 0 Å². The number of aryl methyl sites for hydroxylation is 1. The number of hydrogen-bond donors (Lipinski definition) is 0. The first-order valence-electron chi connectivity index (χ1n) is 8.48. The molecule has 5 nitrogen and oxygen atoms in total. The number of hydrogen-bond acceptors (Lipinski definition) is 4. The molecular weight excluding hydrogens is 304 g/mol. The van der Waals surface area contributed by atoms with Gasteiger partial charge in [0.15, 0.2) is 5.78 Å². The molecule has 0 radical (unpaired) electrons. The molecule has 1 aromatic heterocycles. The van der Waals surface area contributed by atoms with Crippen LogP contribution in [0.1, 0.15) is 41.0 Å². The number of benzene rings is 1. The predicted octanol–water partition coefficient (Wildman–Crippen LogP) is 3.14. The SMILES string of the molecule is Cn1nc(COCc2ccccc2)cc1C(=O)CCC1CCOC1. The van der Waals surface area contributed by atoms with E-state index in [0.29, 0.717) is 31.2 Å². The molecule has 1 atom stereocenters. The lowest BCUT2D eigenvalue weighted by Crippen LogP contribution is -2.09. The molecule has 1 aliphatic rings. The molecule has 1 fully saturated rings. The van der Waals surface area contributed by atoms with Crippen LogP contribution in [0.3, 0.4) is 0 Å². The molecule has 5 heteroatoms. The Morgan fingerprint density at radius 3 is 2.92 bits per heavy atom. The molecule has 3 rings (SSSR count). The normalized spacial score (nSPS) is 17.3. The summed E-state index contributed by atoms with van der Waals surface area (Å²) < 4.78 is 12.7. The summed E-state index contributed by atoms with van der Waals surface area (Å²) in [6, 6.07) is 11.9. The van der Waals surface area contributed by atoms with Crippen LogP contribution in [0.4, 0.5) is 0 Å². The highest BCUT2D eigenvalue weighted by atomic mass is 16.5. The minimum absolute atomic E-state index is 0.145. The lowest BCUT2D eigenvalue weighted by atomic mass is 10.00. The number of rotatable bonds is 8. The van der Waals surface area contributed by atoms with E-state index in [9.17, 15) is 4.79 Å². The Morgan fingerprint density at radius 2 is 2.17 bits per heavy atom. The summed E-state index contributed by atoms with van der Waals surface area (Å²) in [4.78, 5) is 12.4. The van der Waals surface area contributed by atoms with Gasteiger partial charge in [-0.15, -0.1) is 0 Å². The lowest BCUT2D eigenvalue weighted by Gasteiger charge is -2.06. The van der Waals surface area contributed by atoms with Gasteiger partial charge in [0.05, 0.1) is 18.9 Å². The number of carbonyl (C=O) groups is 1. The Bertz CT molecular complexity index is 661. The zero-order chi connectivity index (χ0) is 16.8. The van der Waals surface area contributed by atoms with Crippen LogP contribution < -0.4 is 0 Å². The third-order valence-electron chi connectivity index (χ3n) is 4.38. The monoisotopic (exact) mass is 328 g/mol. The summed E-state index contributed by atoms with van der Waals surface area (Å²) in [5.74, 6) is 0.669. The van der Waals surface area contributed by atoms with Gasteiger partial charge in [-0.25, -0.2) is 0 Å². The fourth-order valence-electron chi connectivity index (χ4n) is 2.98. The van der Waals surface area contributed by atoms with Gasteiger partial charge in [0, 0.05) is 26.7 Å². The lowest BCUT2D eigenvalue weighted by molar-refractivity contribution is 0.0962. The molecule has 1 unspecified atom stereocenters. The summed E-state index contributed by atoms with van der Waals surface area (Å²) in [6.07, 6.45) is 2.51. The molecule has 2 aromatic rings. The van der Waals surface area contributed by atoms with Gasteiger partial charge in [0.25, 0.3) is 0 Å². The summed E-state index contributed by atoms with van der Waals surface area (Å²) in [7, 11) is 1.81.